The molecule has 7 rings (SSSR count). The summed E-state index contributed by atoms with van der Waals surface area (Å²) in [6, 6.07) is 16.9. The number of benzene rings is 3. The van der Waals surface area contributed by atoms with E-state index in [2.05, 4.69) is 31.5 Å². The van der Waals surface area contributed by atoms with Gasteiger partial charge in [-0.1, -0.05) is 48.0 Å². The number of hydrogen-bond acceptors (Lipinski definition) is 14. The zero-order valence-electron chi connectivity index (χ0n) is 37.9. The van der Waals surface area contributed by atoms with Crippen LogP contribution in [0.4, 0.5) is 5.69 Å². The molecule has 67 heavy (non-hydrogen) atoms. The average Bonchev–Trinajstić information content (AvgIpc) is 3.57. The zero-order chi connectivity index (χ0) is 47.7. The number of ether oxygens (including phenoxy) is 3. The van der Waals surface area contributed by atoms with Gasteiger partial charge in [-0.25, -0.2) is 18.4 Å². The van der Waals surface area contributed by atoms with E-state index in [4.69, 9.17) is 30.8 Å². The molecule has 4 heterocycles. The van der Waals surface area contributed by atoms with Crippen LogP contribution >= 0.6 is 11.6 Å². The summed E-state index contributed by atoms with van der Waals surface area (Å²) in [4.78, 5) is 78.1. The first-order chi connectivity index (χ1) is 32.2. The number of aromatic nitrogens is 2. The van der Waals surface area contributed by atoms with Gasteiger partial charge in [0.1, 0.15) is 17.6 Å². The minimum atomic E-state index is -3.50. The molecule has 17 nitrogen and oxygen atoms in total. The number of nitrogens with one attached hydrogen (secondary N) is 2. The third-order valence-corrected chi connectivity index (χ3v) is 14.7. The predicted octanol–water partition coefficient (Wildman–Crippen LogP) is 3.81. The topological polar surface area (TPSA) is 207 Å². The fraction of sp³-hybridized carbons (Fsp3) is 0.438. The van der Waals surface area contributed by atoms with Crippen LogP contribution in [0.2, 0.25) is 5.02 Å². The summed E-state index contributed by atoms with van der Waals surface area (Å²) >= 11 is 6.53. The Morgan fingerprint density at radius 2 is 1.64 bits per heavy atom. The molecule has 0 radical (unpaired) electrons. The Hall–Kier alpha value is -5.79. The summed E-state index contributed by atoms with van der Waals surface area (Å²) in [6.07, 6.45) is 2.64. The Balaban J connectivity index is 0.775. The van der Waals surface area contributed by atoms with Crippen LogP contribution in [-0.4, -0.2) is 142 Å². The first-order valence-corrected chi connectivity index (χ1v) is 24.4. The molecular weight excluding hydrogens is 902 g/mol. The highest BCUT2D eigenvalue weighted by atomic mass is 35.5. The van der Waals surface area contributed by atoms with Crippen LogP contribution in [0.25, 0.3) is 0 Å². The number of nitrogens with zero attached hydrogens (tertiary/aromatic N) is 5. The maximum Gasteiger partial charge on any atom is 0.262 e. The van der Waals surface area contributed by atoms with Gasteiger partial charge < -0.3 is 24.4 Å². The highest BCUT2D eigenvalue weighted by Gasteiger charge is 2.45. The number of piperidine rings is 1. The molecule has 2 N–H and O–H groups in total. The van der Waals surface area contributed by atoms with E-state index in [0.717, 1.165) is 54.6 Å². The number of imide groups is 2. The third kappa shape index (κ3) is 11.9. The maximum absolute atomic E-state index is 13.3. The van der Waals surface area contributed by atoms with Gasteiger partial charge in [-0.3, -0.25) is 39.1 Å². The number of carbonyl (C=O) groups is 5. The molecule has 1 unspecified atom stereocenters. The SMILES string of the molecule is COc1cc(N2CCN(CCOCCOCCNC(=O)CCc3cccc4c3C(=O)N(C3CCC(=O)NC3=O)C4=O)CC2)ccc1Cc1ncc(Cl)c(Cc2ccccc2S(=O)(=O)C(C)C)n1. The number of piperazine rings is 1. The van der Waals surface area contributed by atoms with Crippen molar-refractivity contribution >= 4 is 56.7 Å². The number of amides is 5. The number of methoxy groups -OCH3 is 1. The molecule has 4 aromatic rings. The summed E-state index contributed by atoms with van der Waals surface area (Å²) in [6.45, 7) is 9.49. The monoisotopic (exact) mass is 957 g/mol. The Kier molecular flexibility index (Phi) is 16.4. The number of fused-ring (bicyclic) bond motifs is 1. The largest absolute Gasteiger partial charge is 0.496 e. The van der Waals surface area contributed by atoms with E-state index in [9.17, 15) is 32.4 Å². The molecule has 0 spiro atoms. The van der Waals surface area contributed by atoms with Crippen molar-refractivity contribution in [3.63, 3.8) is 0 Å². The summed E-state index contributed by atoms with van der Waals surface area (Å²) < 4.78 is 43.4. The standard InChI is InChI=1S/C48H56ClN7O10S/c1-31(2)67(62,63)41-10-5-4-7-34(41)27-38-37(49)30-51-42(52-38)28-33-11-13-35(29-40(33)64-3)55-20-18-54(19-21-55)22-24-66-26-25-65-23-17-50-43(57)15-12-32-8-6-9-36-45(32)48(61)56(47(36)60)39-14-16-44(58)53-46(39)59/h4-11,13,29-31,39H,12,14-28H2,1-3H3,(H,50,57)(H,53,58,59). The van der Waals surface area contributed by atoms with Crippen molar-refractivity contribution in [3.05, 3.63) is 111 Å². The minimum Gasteiger partial charge on any atom is -0.496 e. The number of halogens is 1. The van der Waals surface area contributed by atoms with E-state index in [-0.39, 0.29) is 54.0 Å². The molecule has 1 atom stereocenters. The molecule has 1 aromatic heterocycles. The lowest BCUT2D eigenvalue weighted by Crippen LogP contribution is -2.54. The van der Waals surface area contributed by atoms with Crippen LogP contribution in [0, 0.1) is 0 Å². The molecule has 3 aliphatic rings. The number of anilines is 1. The first-order valence-electron chi connectivity index (χ1n) is 22.5. The molecule has 5 amide bonds. The Bertz CT molecular complexity index is 2600. The summed E-state index contributed by atoms with van der Waals surface area (Å²) in [5.74, 6) is -1.25. The van der Waals surface area contributed by atoms with Crippen molar-refractivity contribution in [1.29, 1.82) is 0 Å². The van der Waals surface area contributed by atoms with Crippen molar-refractivity contribution in [2.45, 2.75) is 68.6 Å². The van der Waals surface area contributed by atoms with Gasteiger partial charge in [0.2, 0.25) is 17.7 Å². The number of rotatable bonds is 21. The summed E-state index contributed by atoms with van der Waals surface area (Å²) in [5.41, 5.74) is 4.08. The molecule has 0 bridgehead atoms. The number of carbonyl (C=O) groups excluding carboxylic acids is 5. The lowest BCUT2D eigenvalue weighted by Gasteiger charge is -2.36. The summed E-state index contributed by atoms with van der Waals surface area (Å²) in [5, 5.41) is 4.82. The lowest BCUT2D eigenvalue weighted by atomic mass is 9.99. The van der Waals surface area contributed by atoms with Gasteiger partial charge in [-0.15, -0.1) is 0 Å². The van der Waals surface area contributed by atoms with Gasteiger partial charge in [-0.2, -0.15) is 0 Å². The molecule has 19 heteroatoms. The van der Waals surface area contributed by atoms with E-state index in [1.54, 1.807) is 57.5 Å². The van der Waals surface area contributed by atoms with Crippen LogP contribution < -0.4 is 20.3 Å². The minimum absolute atomic E-state index is 0.0371. The molecule has 356 valence electrons. The first kappa shape index (κ1) is 49.1. The number of hydrogen-bond donors (Lipinski definition) is 2. The zero-order valence-corrected chi connectivity index (χ0v) is 39.5. The van der Waals surface area contributed by atoms with E-state index in [1.807, 2.05) is 18.2 Å². The van der Waals surface area contributed by atoms with Crippen molar-refractivity contribution < 1.29 is 46.6 Å². The molecule has 2 fully saturated rings. The van der Waals surface area contributed by atoms with Gasteiger partial charge in [0.25, 0.3) is 11.8 Å². The predicted molar refractivity (Wildman–Crippen MR) is 249 cm³/mol. The normalized spacial score (nSPS) is 16.7. The molecule has 3 aliphatic heterocycles. The van der Waals surface area contributed by atoms with Crippen molar-refractivity contribution in [2.24, 2.45) is 0 Å². The van der Waals surface area contributed by atoms with Crippen LogP contribution in [0.1, 0.15) is 82.0 Å². The van der Waals surface area contributed by atoms with Gasteiger partial charge in [0.15, 0.2) is 9.84 Å². The molecule has 3 aromatic carbocycles. The average molecular weight is 959 g/mol. The van der Waals surface area contributed by atoms with Gasteiger partial charge >= 0.3 is 0 Å². The van der Waals surface area contributed by atoms with Crippen LogP contribution in [0.15, 0.2) is 71.8 Å². The van der Waals surface area contributed by atoms with Crippen molar-refractivity contribution in [1.82, 2.24) is 30.4 Å². The van der Waals surface area contributed by atoms with Gasteiger partial charge in [0, 0.05) is 88.5 Å². The molecular formula is C48H56ClN7O10S. The van der Waals surface area contributed by atoms with Crippen molar-refractivity contribution in [2.75, 3.05) is 77.7 Å². The smallest absolute Gasteiger partial charge is 0.262 e. The van der Waals surface area contributed by atoms with Crippen LogP contribution in [-0.2, 0) is 53.0 Å². The molecule has 0 aliphatic carbocycles. The van der Waals surface area contributed by atoms with Crippen LogP contribution in [0.3, 0.4) is 0 Å². The second kappa shape index (κ2) is 22.3. The fourth-order valence-corrected chi connectivity index (χ4v) is 9.84. The van der Waals surface area contributed by atoms with Gasteiger partial charge in [-0.05, 0) is 56.0 Å². The summed E-state index contributed by atoms with van der Waals surface area (Å²) in [7, 11) is -1.86. The Morgan fingerprint density at radius 3 is 2.39 bits per heavy atom. The number of aryl methyl sites for hydroxylation is 1. The number of sulfone groups is 1. The van der Waals surface area contributed by atoms with E-state index in [1.165, 1.54) is 6.07 Å². The van der Waals surface area contributed by atoms with E-state index in [0.29, 0.717) is 67.1 Å². The van der Waals surface area contributed by atoms with Crippen LogP contribution in [0.5, 0.6) is 5.75 Å². The van der Waals surface area contributed by atoms with Crippen molar-refractivity contribution in [3.8, 4) is 5.75 Å². The fourth-order valence-electron chi connectivity index (χ4n) is 8.40. The third-order valence-electron chi connectivity index (χ3n) is 12.1. The highest BCUT2D eigenvalue weighted by molar-refractivity contribution is 7.92. The lowest BCUT2D eigenvalue weighted by molar-refractivity contribution is -0.136. The molecule has 0 saturated carbocycles. The second-order valence-electron chi connectivity index (χ2n) is 16.8. The van der Waals surface area contributed by atoms with E-state index >= 15 is 0 Å². The highest BCUT2D eigenvalue weighted by Crippen LogP contribution is 2.32. The maximum atomic E-state index is 13.3. The quantitative estimate of drug-likeness (QED) is 0.0901. The Labute approximate surface area is 395 Å². The van der Waals surface area contributed by atoms with Gasteiger partial charge in [0.05, 0.1) is 65.5 Å². The Morgan fingerprint density at radius 1 is 0.896 bits per heavy atom. The van der Waals surface area contributed by atoms with E-state index < -0.39 is 44.8 Å². The second-order valence-corrected chi connectivity index (χ2v) is 19.7. The molecule has 2 saturated heterocycles.